The first-order valence-corrected chi connectivity index (χ1v) is 9.44. The molecule has 1 aromatic rings. The lowest BCUT2D eigenvalue weighted by atomic mass is 9.94. The predicted molar refractivity (Wildman–Crippen MR) is 105 cm³/mol. The average Bonchev–Trinajstić information content (AvgIpc) is 2.60. The third-order valence-corrected chi connectivity index (χ3v) is 4.26. The van der Waals surface area contributed by atoms with Gasteiger partial charge in [-0.1, -0.05) is 12.1 Å². The minimum Gasteiger partial charge on any atom is -0.491 e. The molecule has 0 aromatic heterocycles. The van der Waals surface area contributed by atoms with Crippen LogP contribution >= 0.6 is 0 Å². The molecule has 27 heavy (non-hydrogen) atoms. The van der Waals surface area contributed by atoms with Gasteiger partial charge in [-0.05, 0) is 57.2 Å². The Morgan fingerprint density at radius 3 is 2.63 bits per heavy atom. The Balaban J connectivity index is 2.26. The Bertz CT molecular complexity index is 656. The van der Waals surface area contributed by atoms with Gasteiger partial charge in [0.2, 0.25) is 0 Å². The van der Waals surface area contributed by atoms with Gasteiger partial charge < -0.3 is 14.9 Å². The van der Waals surface area contributed by atoms with E-state index in [4.69, 9.17) is 9.84 Å². The van der Waals surface area contributed by atoms with Gasteiger partial charge in [-0.3, -0.25) is 9.59 Å². The number of ether oxygens (including phenoxy) is 1. The molecule has 2 N–H and O–H groups in total. The van der Waals surface area contributed by atoms with E-state index in [1.54, 1.807) is 6.92 Å². The van der Waals surface area contributed by atoms with Crippen LogP contribution in [0.1, 0.15) is 57.4 Å². The zero-order chi connectivity index (χ0) is 20.1. The van der Waals surface area contributed by atoms with Crippen LogP contribution in [0.25, 0.3) is 0 Å². The molecule has 2 atom stereocenters. The molecule has 1 aromatic carbocycles. The van der Waals surface area contributed by atoms with E-state index in [1.807, 2.05) is 31.2 Å². The van der Waals surface area contributed by atoms with Crippen molar-refractivity contribution in [3.8, 4) is 17.6 Å². The number of carboxylic acids is 1. The van der Waals surface area contributed by atoms with Gasteiger partial charge in [-0.15, -0.1) is 11.8 Å². The number of carbonyl (C=O) groups excluding carboxylic acids is 1. The zero-order valence-electron chi connectivity index (χ0n) is 16.2. The second-order valence-electron chi connectivity index (χ2n) is 6.82. The Morgan fingerprint density at radius 2 is 1.96 bits per heavy atom. The Labute approximate surface area is 161 Å². The summed E-state index contributed by atoms with van der Waals surface area (Å²) < 4.78 is 5.59. The normalized spacial score (nSPS) is 12.6. The Hall–Kier alpha value is -2.32. The maximum absolute atomic E-state index is 11.7. The number of aliphatic hydroxyl groups is 1. The van der Waals surface area contributed by atoms with E-state index in [9.17, 15) is 14.7 Å². The first kappa shape index (κ1) is 22.7. The molecule has 148 valence electrons. The molecular formula is C22H30O5. The van der Waals surface area contributed by atoms with Gasteiger partial charge in [0.05, 0.1) is 6.10 Å². The summed E-state index contributed by atoms with van der Waals surface area (Å²) in [4.78, 5) is 22.2. The molecule has 0 fully saturated rings. The Kier molecular flexibility index (Phi) is 10.9. The molecule has 0 saturated heterocycles. The van der Waals surface area contributed by atoms with Crippen molar-refractivity contribution in [1.82, 2.24) is 0 Å². The highest BCUT2D eigenvalue weighted by molar-refractivity contribution is 5.78. The van der Waals surface area contributed by atoms with Gasteiger partial charge in [0.1, 0.15) is 18.1 Å². The molecule has 0 amide bonds. The van der Waals surface area contributed by atoms with Crippen LogP contribution in [0.2, 0.25) is 0 Å². The topological polar surface area (TPSA) is 83.8 Å². The van der Waals surface area contributed by atoms with Gasteiger partial charge in [0.15, 0.2) is 0 Å². The van der Waals surface area contributed by atoms with Crippen molar-refractivity contribution in [2.45, 2.75) is 64.9 Å². The number of aryl methyl sites for hydroxylation is 1. The highest BCUT2D eigenvalue weighted by atomic mass is 16.5. The van der Waals surface area contributed by atoms with E-state index in [0.29, 0.717) is 32.1 Å². The number of carbonyl (C=O) groups is 2. The molecule has 5 heteroatoms. The van der Waals surface area contributed by atoms with Crippen LogP contribution in [0.5, 0.6) is 5.75 Å². The highest BCUT2D eigenvalue weighted by Crippen LogP contribution is 2.16. The lowest BCUT2D eigenvalue weighted by Crippen LogP contribution is -2.18. The number of rotatable bonds is 12. The van der Waals surface area contributed by atoms with Crippen molar-refractivity contribution in [3.63, 3.8) is 0 Å². The third-order valence-electron chi connectivity index (χ3n) is 4.26. The van der Waals surface area contributed by atoms with E-state index < -0.39 is 12.1 Å². The molecule has 0 radical (unpaired) electrons. The summed E-state index contributed by atoms with van der Waals surface area (Å²) in [7, 11) is 0. The molecule has 0 bridgehead atoms. The number of Topliss-reactive ketones (excluding diaryl/α,β-unsaturated/α-hetero) is 1. The highest BCUT2D eigenvalue weighted by Gasteiger charge is 2.14. The molecule has 1 rings (SSSR count). The van der Waals surface area contributed by atoms with Crippen LogP contribution in [0.3, 0.4) is 0 Å². The lowest BCUT2D eigenvalue weighted by Gasteiger charge is -2.14. The summed E-state index contributed by atoms with van der Waals surface area (Å²) in [6.07, 6.45) is 3.07. The standard InChI is InChI=1S/C22H30O5/c1-17-9-7-13-21(15-17)27-16-20(24)12-8-11-19(18(2)23)10-5-3-4-6-14-22(25)26/h7,9,13,15,19-20,24H,4,6,8,10-12,14,16H2,1-2H3,(H,25,26). The van der Waals surface area contributed by atoms with Gasteiger partial charge in [-0.25, -0.2) is 0 Å². The van der Waals surface area contributed by atoms with Crippen molar-refractivity contribution in [2.75, 3.05) is 6.61 Å². The number of hydrogen-bond donors (Lipinski definition) is 2. The molecule has 0 aliphatic heterocycles. The number of hydrogen-bond acceptors (Lipinski definition) is 4. The van der Waals surface area contributed by atoms with Crippen LogP contribution in [0, 0.1) is 24.7 Å². The van der Waals surface area contributed by atoms with Crippen LogP contribution in [-0.4, -0.2) is 34.7 Å². The first-order valence-electron chi connectivity index (χ1n) is 9.44. The number of aliphatic hydroxyl groups excluding tert-OH is 1. The molecule has 2 unspecified atom stereocenters. The second kappa shape index (κ2) is 12.9. The van der Waals surface area contributed by atoms with Crippen molar-refractivity contribution in [1.29, 1.82) is 0 Å². The second-order valence-corrected chi connectivity index (χ2v) is 6.82. The molecule has 0 saturated carbocycles. The van der Waals surface area contributed by atoms with Crippen molar-refractivity contribution >= 4 is 11.8 Å². The smallest absolute Gasteiger partial charge is 0.303 e. The fraction of sp³-hybridized carbons (Fsp3) is 0.545. The van der Waals surface area contributed by atoms with Crippen molar-refractivity contribution in [3.05, 3.63) is 29.8 Å². The van der Waals surface area contributed by atoms with E-state index in [-0.39, 0.29) is 24.7 Å². The van der Waals surface area contributed by atoms with E-state index >= 15 is 0 Å². The summed E-state index contributed by atoms with van der Waals surface area (Å²) in [5.74, 6) is 5.80. The summed E-state index contributed by atoms with van der Waals surface area (Å²) in [5.41, 5.74) is 1.11. The maximum atomic E-state index is 11.7. The van der Waals surface area contributed by atoms with Crippen molar-refractivity contribution < 1.29 is 24.5 Å². The number of unbranched alkanes of at least 4 members (excludes halogenated alkanes) is 1. The molecule has 5 nitrogen and oxygen atoms in total. The summed E-state index contributed by atoms with van der Waals surface area (Å²) in [5, 5.41) is 18.6. The van der Waals surface area contributed by atoms with Crippen LogP contribution in [0.4, 0.5) is 0 Å². The quantitative estimate of drug-likeness (QED) is 0.430. The minimum absolute atomic E-state index is 0.0975. The monoisotopic (exact) mass is 374 g/mol. The molecule has 0 spiro atoms. The Morgan fingerprint density at radius 1 is 1.19 bits per heavy atom. The third kappa shape index (κ3) is 11.1. The minimum atomic E-state index is -0.816. The fourth-order valence-electron chi connectivity index (χ4n) is 2.64. The summed E-state index contributed by atoms with van der Waals surface area (Å²) >= 11 is 0. The summed E-state index contributed by atoms with van der Waals surface area (Å²) in [6, 6.07) is 7.69. The lowest BCUT2D eigenvalue weighted by molar-refractivity contribution is -0.137. The molecular weight excluding hydrogens is 344 g/mol. The first-order chi connectivity index (χ1) is 12.9. The van der Waals surface area contributed by atoms with Crippen molar-refractivity contribution in [2.24, 2.45) is 5.92 Å². The number of carboxylic acid groups (broad SMARTS) is 1. The van der Waals surface area contributed by atoms with Gasteiger partial charge in [-0.2, -0.15) is 0 Å². The molecule has 0 heterocycles. The molecule has 0 aliphatic rings. The van der Waals surface area contributed by atoms with E-state index in [0.717, 1.165) is 17.7 Å². The van der Waals surface area contributed by atoms with Crippen LogP contribution in [0.15, 0.2) is 24.3 Å². The zero-order valence-corrected chi connectivity index (χ0v) is 16.2. The number of benzene rings is 1. The average molecular weight is 374 g/mol. The van der Waals surface area contributed by atoms with E-state index in [1.165, 1.54) is 0 Å². The van der Waals surface area contributed by atoms with Gasteiger partial charge in [0, 0.05) is 25.2 Å². The fourth-order valence-corrected chi connectivity index (χ4v) is 2.64. The summed E-state index contributed by atoms with van der Waals surface area (Å²) in [6.45, 7) is 3.78. The van der Waals surface area contributed by atoms with Crippen LogP contribution < -0.4 is 4.74 Å². The predicted octanol–water partition coefficient (Wildman–Crippen LogP) is 3.76. The van der Waals surface area contributed by atoms with Gasteiger partial charge >= 0.3 is 5.97 Å². The van der Waals surface area contributed by atoms with Crippen LogP contribution in [-0.2, 0) is 9.59 Å². The largest absolute Gasteiger partial charge is 0.491 e. The van der Waals surface area contributed by atoms with E-state index in [2.05, 4.69) is 11.8 Å². The maximum Gasteiger partial charge on any atom is 0.303 e. The SMILES string of the molecule is CC(=O)C(CC#CCCCC(=O)O)CCCC(O)COc1cccc(C)c1. The van der Waals surface area contributed by atoms with Gasteiger partial charge in [0.25, 0.3) is 0 Å². The number of ketones is 1. The number of aliphatic carboxylic acids is 1. The molecule has 0 aliphatic carbocycles.